The van der Waals surface area contributed by atoms with Gasteiger partial charge in [-0.3, -0.25) is 9.59 Å². The van der Waals surface area contributed by atoms with Crippen LogP contribution in [0.25, 0.3) is 0 Å². The van der Waals surface area contributed by atoms with Crippen LogP contribution in [0.15, 0.2) is 66.7 Å². The minimum Gasteiger partial charge on any atom is -0.497 e. The molecule has 3 aromatic rings. The van der Waals surface area contributed by atoms with Gasteiger partial charge in [-0.15, -0.1) is 0 Å². The first-order valence-corrected chi connectivity index (χ1v) is 9.83. The fourth-order valence-electron chi connectivity index (χ4n) is 3.04. The molecule has 0 spiro atoms. The van der Waals surface area contributed by atoms with E-state index in [2.05, 4.69) is 10.6 Å². The topological polar surface area (TPSA) is 76.7 Å². The maximum absolute atomic E-state index is 13.1. The van der Waals surface area contributed by atoms with Gasteiger partial charge in [0.2, 0.25) is 0 Å². The maximum Gasteiger partial charge on any atom is 0.418 e. The van der Waals surface area contributed by atoms with Gasteiger partial charge in [0.25, 0.3) is 11.8 Å². The van der Waals surface area contributed by atoms with E-state index in [4.69, 9.17) is 9.47 Å². The average molecular weight is 458 g/mol. The van der Waals surface area contributed by atoms with Crippen molar-refractivity contribution in [3.8, 4) is 11.5 Å². The predicted molar refractivity (Wildman–Crippen MR) is 118 cm³/mol. The largest absolute Gasteiger partial charge is 0.497 e. The monoisotopic (exact) mass is 458 g/mol. The number of aryl methyl sites for hydroxylation is 1. The number of nitrogens with one attached hydrogen (secondary N) is 2. The molecule has 172 valence electrons. The molecule has 0 atom stereocenters. The van der Waals surface area contributed by atoms with Crippen LogP contribution in [0.4, 0.5) is 24.5 Å². The number of carbonyl (C=O) groups excluding carboxylic acids is 2. The summed E-state index contributed by atoms with van der Waals surface area (Å²) in [5, 5.41) is 4.97. The Labute approximate surface area is 188 Å². The van der Waals surface area contributed by atoms with Crippen molar-refractivity contribution in [3.05, 3.63) is 83.4 Å². The first-order chi connectivity index (χ1) is 15.7. The molecule has 0 aliphatic carbocycles. The van der Waals surface area contributed by atoms with E-state index in [1.165, 1.54) is 24.3 Å². The molecule has 0 saturated heterocycles. The van der Waals surface area contributed by atoms with Gasteiger partial charge in [0.15, 0.2) is 6.61 Å². The number of anilines is 2. The molecule has 0 aliphatic rings. The molecule has 9 heteroatoms. The number of amides is 2. The van der Waals surface area contributed by atoms with Gasteiger partial charge in [-0.1, -0.05) is 24.3 Å². The number of hydrogen-bond donors (Lipinski definition) is 2. The minimum atomic E-state index is -4.62. The normalized spacial score (nSPS) is 10.9. The number of halogens is 3. The third-order valence-corrected chi connectivity index (χ3v) is 4.68. The first-order valence-electron chi connectivity index (χ1n) is 9.83. The van der Waals surface area contributed by atoms with Crippen molar-refractivity contribution in [2.24, 2.45) is 0 Å². The SMILES string of the molecule is COc1ccc(NC(=O)c2ccccc2OCC(=O)Nc2ccccc2C(F)(F)F)c(C)c1. The van der Waals surface area contributed by atoms with E-state index in [0.717, 1.165) is 17.7 Å². The molecule has 0 radical (unpaired) electrons. The molecule has 0 fully saturated rings. The first kappa shape index (κ1) is 23.6. The lowest BCUT2D eigenvalue weighted by Crippen LogP contribution is -2.23. The summed E-state index contributed by atoms with van der Waals surface area (Å²) in [6.07, 6.45) is -4.62. The van der Waals surface area contributed by atoms with Crippen molar-refractivity contribution in [2.75, 3.05) is 24.4 Å². The number of benzene rings is 3. The Morgan fingerprint density at radius 3 is 2.30 bits per heavy atom. The number of carbonyl (C=O) groups is 2. The van der Waals surface area contributed by atoms with Crippen molar-refractivity contribution in [2.45, 2.75) is 13.1 Å². The smallest absolute Gasteiger partial charge is 0.418 e. The second-order valence-corrected chi connectivity index (χ2v) is 7.01. The van der Waals surface area contributed by atoms with Gasteiger partial charge in [0, 0.05) is 5.69 Å². The average Bonchev–Trinajstić information content (AvgIpc) is 2.78. The highest BCUT2D eigenvalue weighted by molar-refractivity contribution is 6.06. The van der Waals surface area contributed by atoms with Gasteiger partial charge < -0.3 is 20.1 Å². The highest BCUT2D eigenvalue weighted by Crippen LogP contribution is 2.34. The Hall–Kier alpha value is -4.01. The van der Waals surface area contributed by atoms with Crippen LogP contribution < -0.4 is 20.1 Å². The van der Waals surface area contributed by atoms with Gasteiger partial charge in [-0.2, -0.15) is 13.2 Å². The highest BCUT2D eigenvalue weighted by Gasteiger charge is 2.33. The Bertz CT molecular complexity index is 1160. The summed E-state index contributed by atoms with van der Waals surface area (Å²) in [6, 6.07) is 16.0. The van der Waals surface area contributed by atoms with Crippen molar-refractivity contribution >= 4 is 23.2 Å². The fourth-order valence-corrected chi connectivity index (χ4v) is 3.04. The molecule has 0 aromatic heterocycles. The zero-order chi connectivity index (χ0) is 24.0. The van der Waals surface area contributed by atoms with E-state index < -0.39 is 30.2 Å². The van der Waals surface area contributed by atoms with E-state index in [-0.39, 0.29) is 17.0 Å². The summed E-state index contributed by atoms with van der Waals surface area (Å²) in [4.78, 5) is 25.0. The molecular formula is C24H21F3N2O4. The quantitative estimate of drug-likeness (QED) is 0.504. The van der Waals surface area contributed by atoms with Crippen LogP contribution >= 0.6 is 0 Å². The Kier molecular flexibility index (Phi) is 7.22. The van der Waals surface area contributed by atoms with Gasteiger partial charge in [-0.25, -0.2) is 0 Å². The van der Waals surface area contributed by atoms with Crippen LogP contribution in [0, 0.1) is 6.92 Å². The van der Waals surface area contributed by atoms with Crippen LogP contribution in [0.3, 0.4) is 0 Å². The van der Waals surface area contributed by atoms with E-state index in [9.17, 15) is 22.8 Å². The molecule has 3 aromatic carbocycles. The van der Waals surface area contributed by atoms with E-state index in [0.29, 0.717) is 11.4 Å². The lowest BCUT2D eigenvalue weighted by Gasteiger charge is -2.15. The number of alkyl halides is 3. The van der Waals surface area contributed by atoms with Crippen molar-refractivity contribution < 1.29 is 32.2 Å². The summed E-state index contributed by atoms with van der Waals surface area (Å²) in [5.41, 5.74) is 0.171. The van der Waals surface area contributed by atoms with Crippen molar-refractivity contribution in [1.82, 2.24) is 0 Å². The third-order valence-electron chi connectivity index (χ3n) is 4.68. The summed E-state index contributed by atoms with van der Waals surface area (Å²) in [6.45, 7) is 1.22. The highest BCUT2D eigenvalue weighted by atomic mass is 19.4. The standard InChI is InChI=1S/C24H21F3N2O4/c1-15-13-16(32-2)11-12-19(15)29-23(31)17-7-3-6-10-21(17)33-14-22(30)28-20-9-5-4-8-18(20)24(25,26)27/h3-13H,14H2,1-2H3,(H,28,30)(H,29,31). The van der Waals surface area contributed by atoms with E-state index >= 15 is 0 Å². The molecule has 0 unspecified atom stereocenters. The molecule has 0 bridgehead atoms. The summed E-state index contributed by atoms with van der Waals surface area (Å²) < 4.78 is 49.9. The third kappa shape index (κ3) is 6.03. The van der Waals surface area contributed by atoms with Gasteiger partial charge in [0.05, 0.1) is 23.9 Å². The fraction of sp³-hybridized carbons (Fsp3) is 0.167. The lowest BCUT2D eigenvalue weighted by molar-refractivity contribution is -0.137. The van der Waals surface area contributed by atoms with E-state index in [1.807, 2.05) is 6.92 Å². The van der Waals surface area contributed by atoms with Gasteiger partial charge >= 0.3 is 6.18 Å². The zero-order valence-corrected chi connectivity index (χ0v) is 17.8. The Balaban J connectivity index is 1.69. The van der Waals surface area contributed by atoms with Crippen molar-refractivity contribution in [3.63, 3.8) is 0 Å². The molecule has 2 N–H and O–H groups in total. The van der Waals surface area contributed by atoms with E-state index in [1.54, 1.807) is 37.4 Å². The Morgan fingerprint density at radius 2 is 1.61 bits per heavy atom. The Morgan fingerprint density at radius 1 is 0.909 bits per heavy atom. The van der Waals surface area contributed by atoms with Gasteiger partial charge in [-0.05, 0) is 55.0 Å². The molecule has 0 aliphatic heterocycles. The maximum atomic E-state index is 13.1. The lowest BCUT2D eigenvalue weighted by atomic mass is 10.1. The molecule has 6 nitrogen and oxygen atoms in total. The molecular weight excluding hydrogens is 437 g/mol. The van der Waals surface area contributed by atoms with Crippen LogP contribution in [-0.4, -0.2) is 25.5 Å². The molecule has 0 heterocycles. The van der Waals surface area contributed by atoms with Crippen LogP contribution in [-0.2, 0) is 11.0 Å². The van der Waals surface area contributed by atoms with Crippen molar-refractivity contribution in [1.29, 1.82) is 0 Å². The second-order valence-electron chi connectivity index (χ2n) is 7.01. The number of hydrogen-bond acceptors (Lipinski definition) is 4. The van der Waals surface area contributed by atoms with Crippen LogP contribution in [0.2, 0.25) is 0 Å². The van der Waals surface area contributed by atoms with Crippen LogP contribution in [0.5, 0.6) is 11.5 Å². The van der Waals surface area contributed by atoms with Crippen LogP contribution in [0.1, 0.15) is 21.5 Å². The summed E-state index contributed by atoms with van der Waals surface area (Å²) >= 11 is 0. The predicted octanol–water partition coefficient (Wildman–Crippen LogP) is 5.29. The number of para-hydroxylation sites is 2. The van der Waals surface area contributed by atoms with Gasteiger partial charge in [0.1, 0.15) is 11.5 Å². The number of ether oxygens (including phenoxy) is 2. The summed E-state index contributed by atoms with van der Waals surface area (Å²) in [7, 11) is 1.54. The number of rotatable bonds is 7. The molecule has 2 amide bonds. The number of methoxy groups -OCH3 is 1. The minimum absolute atomic E-state index is 0.112. The molecule has 3 rings (SSSR count). The molecule has 0 saturated carbocycles. The zero-order valence-electron chi connectivity index (χ0n) is 17.8. The molecule has 33 heavy (non-hydrogen) atoms. The second kappa shape index (κ2) is 10.1. The summed E-state index contributed by atoms with van der Waals surface area (Å²) in [5.74, 6) is -0.512.